The maximum atomic E-state index is 12.0. The number of alkyl halides is 1. The van der Waals surface area contributed by atoms with Gasteiger partial charge < -0.3 is 4.80 Å². The number of rotatable bonds is 2. The van der Waals surface area contributed by atoms with Crippen LogP contribution in [0.15, 0.2) is 0 Å². The van der Waals surface area contributed by atoms with Gasteiger partial charge >= 0.3 is 0 Å². The van der Waals surface area contributed by atoms with Gasteiger partial charge in [-0.25, -0.2) is 4.39 Å². The summed E-state index contributed by atoms with van der Waals surface area (Å²) in [5.41, 5.74) is 0. The summed E-state index contributed by atoms with van der Waals surface area (Å²) in [6.07, 6.45) is 0.446. The normalized spacial score (nSPS) is 15.0. The molecule has 1 radical (unpaired) electrons. The minimum atomic E-state index is -1.63. The van der Waals surface area contributed by atoms with Crippen molar-refractivity contribution in [3.8, 4) is 0 Å². The molecule has 0 aliphatic heterocycles. The zero-order chi connectivity index (χ0) is 5.86. The molecule has 1 nitrogen and oxygen atoms in total. The zero-order valence-electron chi connectivity index (χ0n) is 4.61. The lowest BCUT2D eigenvalue weighted by Gasteiger charge is -2.02. The van der Waals surface area contributed by atoms with Crippen LogP contribution in [0.5, 0.6) is 0 Å². The first-order valence-corrected chi connectivity index (χ1v) is 4.37. The third-order valence-electron chi connectivity index (χ3n) is 0.812. The highest BCUT2D eigenvalue weighted by atomic mass is 28.3. The first kappa shape index (κ1) is 7.11. The molecule has 0 aromatic carbocycles. The van der Waals surface area contributed by atoms with E-state index in [1.54, 1.807) is 13.5 Å². The SMILES string of the molecule is CCC(F)[Si](C)O. The van der Waals surface area contributed by atoms with Crippen molar-refractivity contribution >= 4 is 9.04 Å². The predicted octanol–water partition coefficient (Wildman–Crippen LogP) is 0.887. The Kier molecular flexibility index (Phi) is 3.20. The minimum absolute atomic E-state index is 0.446. The second-order valence-corrected chi connectivity index (χ2v) is 3.43. The molecular weight excluding hydrogens is 111 g/mol. The zero-order valence-corrected chi connectivity index (χ0v) is 5.61. The van der Waals surface area contributed by atoms with Crippen LogP contribution in [-0.2, 0) is 0 Å². The Morgan fingerprint density at radius 2 is 2.29 bits per heavy atom. The molecule has 0 aliphatic rings. The van der Waals surface area contributed by atoms with Crippen molar-refractivity contribution < 1.29 is 9.19 Å². The second-order valence-electron chi connectivity index (χ2n) is 1.52. The number of hydrogen-bond donors (Lipinski definition) is 1. The van der Waals surface area contributed by atoms with Gasteiger partial charge in [0, 0.05) is 0 Å². The van der Waals surface area contributed by atoms with Gasteiger partial charge in [0.15, 0.2) is 0 Å². The van der Waals surface area contributed by atoms with Gasteiger partial charge in [0.05, 0.1) is 0 Å². The molecule has 0 rings (SSSR count). The summed E-state index contributed by atoms with van der Waals surface area (Å²) in [5.74, 6) is -0.940. The lowest BCUT2D eigenvalue weighted by Crippen LogP contribution is -2.21. The van der Waals surface area contributed by atoms with E-state index in [1.165, 1.54) is 0 Å². The van der Waals surface area contributed by atoms with Gasteiger partial charge in [-0.2, -0.15) is 0 Å². The first-order valence-electron chi connectivity index (χ1n) is 2.35. The predicted molar refractivity (Wildman–Crippen MR) is 29.0 cm³/mol. The van der Waals surface area contributed by atoms with Gasteiger partial charge in [0.2, 0.25) is 9.04 Å². The van der Waals surface area contributed by atoms with Crippen LogP contribution in [0.25, 0.3) is 0 Å². The van der Waals surface area contributed by atoms with Crippen molar-refractivity contribution in [2.24, 2.45) is 0 Å². The van der Waals surface area contributed by atoms with Crippen LogP contribution in [0.3, 0.4) is 0 Å². The Morgan fingerprint density at radius 3 is 2.29 bits per heavy atom. The van der Waals surface area contributed by atoms with Crippen molar-refractivity contribution in [2.45, 2.75) is 25.7 Å². The smallest absolute Gasteiger partial charge is 0.240 e. The fourth-order valence-electron chi connectivity index (χ4n) is 0.295. The summed E-state index contributed by atoms with van der Waals surface area (Å²) in [6, 6.07) is 0. The van der Waals surface area contributed by atoms with Crippen molar-refractivity contribution in [1.82, 2.24) is 0 Å². The highest BCUT2D eigenvalue weighted by molar-refractivity contribution is 6.50. The topological polar surface area (TPSA) is 20.2 Å². The minimum Gasteiger partial charge on any atom is -0.429 e. The van der Waals surface area contributed by atoms with Crippen LogP contribution in [0, 0.1) is 0 Å². The molecule has 7 heavy (non-hydrogen) atoms. The summed E-state index contributed by atoms with van der Waals surface area (Å²) in [7, 11) is -1.63. The molecule has 1 N–H and O–H groups in total. The van der Waals surface area contributed by atoms with E-state index in [0.717, 1.165) is 0 Å². The molecule has 0 heterocycles. The molecule has 0 aliphatic carbocycles. The molecule has 43 valence electrons. The van der Waals surface area contributed by atoms with Crippen molar-refractivity contribution in [3.05, 3.63) is 0 Å². The maximum absolute atomic E-state index is 12.0. The van der Waals surface area contributed by atoms with Crippen molar-refractivity contribution in [1.29, 1.82) is 0 Å². The first-order chi connectivity index (χ1) is 3.18. The van der Waals surface area contributed by atoms with Crippen LogP contribution in [0.2, 0.25) is 6.55 Å². The van der Waals surface area contributed by atoms with Crippen LogP contribution in [0.4, 0.5) is 4.39 Å². The Labute approximate surface area is 44.9 Å². The average molecular weight is 121 g/mol. The number of hydrogen-bond acceptors (Lipinski definition) is 1. The van der Waals surface area contributed by atoms with Crippen LogP contribution in [0.1, 0.15) is 13.3 Å². The van der Waals surface area contributed by atoms with Crippen LogP contribution < -0.4 is 0 Å². The Bertz CT molecular complexity index is 49.0. The molecular formula is C4H10FOSi. The molecule has 0 aromatic heterocycles. The van der Waals surface area contributed by atoms with E-state index in [-0.39, 0.29) is 0 Å². The summed E-state index contributed by atoms with van der Waals surface area (Å²) in [5, 5.41) is 0. The van der Waals surface area contributed by atoms with Crippen LogP contribution in [-0.4, -0.2) is 19.6 Å². The van der Waals surface area contributed by atoms with E-state index in [9.17, 15) is 4.39 Å². The fraction of sp³-hybridized carbons (Fsp3) is 1.00. The third-order valence-corrected chi connectivity index (χ3v) is 2.13. The van der Waals surface area contributed by atoms with E-state index in [0.29, 0.717) is 6.42 Å². The lowest BCUT2D eigenvalue weighted by molar-refractivity contribution is 0.380. The molecule has 0 saturated carbocycles. The third kappa shape index (κ3) is 2.76. The lowest BCUT2D eigenvalue weighted by atomic mass is 10.5. The Morgan fingerprint density at radius 1 is 1.86 bits per heavy atom. The number of halogens is 1. The van der Waals surface area contributed by atoms with Gasteiger partial charge in [-0.1, -0.05) is 6.92 Å². The van der Waals surface area contributed by atoms with Gasteiger partial charge in [0.1, 0.15) is 5.79 Å². The molecule has 3 heteroatoms. The maximum Gasteiger partial charge on any atom is 0.240 e. The van der Waals surface area contributed by atoms with Gasteiger partial charge in [0.25, 0.3) is 0 Å². The van der Waals surface area contributed by atoms with Crippen LogP contribution >= 0.6 is 0 Å². The summed E-state index contributed by atoms with van der Waals surface area (Å²) < 4.78 is 12.0. The molecule has 1 atom stereocenters. The molecule has 0 saturated heterocycles. The van der Waals surface area contributed by atoms with Gasteiger partial charge in [-0.15, -0.1) is 0 Å². The Balaban J connectivity index is 3.14. The second kappa shape index (κ2) is 3.15. The molecule has 0 bridgehead atoms. The van der Waals surface area contributed by atoms with E-state index in [4.69, 9.17) is 4.80 Å². The Hall–Kier alpha value is 0.107. The van der Waals surface area contributed by atoms with Gasteiger partial charge in [-0.05, 0) is 13.0 Å². The summed E-state index contributed by atoms with van der Waals surface area (Å²) >= 11 is 0. The molecule has 0 amide bonds. The summed E-state index contributed by atoms with van der Waals surface area (Å²) in [6.45, 7) is 3.29. The fourth-order valence-corrected chi connectivity index (χ4v) is 0.886. The summed E-state index contributed by atoms with van der Waals surface area (Å²) in [4.78, 5) is 8.55. The van der Waals surface area contributed by atoms with E-state index >= 15 is 0 Å². The van der Waals surface area contributed by atoms with E-state index < -0.39 is 14.8 Å². The van der Waals surface area contributed by atoms with E-state index in [1.807, 2.05) is 0 Å². The van der Waals surface area contributed by atoms with E-state index in [2.05, 4.69) is 0 Å². The molecule has 0 spiro atoms. The largest absolute Gasteiger partial charge is 0.429 e. The highest BCUT2D eigenvalue weighted by Gasteiger charge is 2.12. The quantitative estimate of drug-likeness (QED) is 0.538. The standard InChI is InChI=1S/C4H10FOSi/c1-3-4(5)7(2)6/h4,6H,3H2,1-2H3. The van der Waals surface area contributed by atoms with Crippen molar-refractivity contribution in [3.63, 3.8) is 0 Å². The molecule has 0 fully saturated rings. The average Bonchev–Trinajstić information content (AvgIpc) is 1.65. The highest BCUT2D eigenvalue weighted by Crippen LogP contribution is 1.97. The monoisotopic (exact) mass is 121 g/mol. The van der Waals surface area contributed by atoms with Gasteiger partial charge in [-0.3, -0.25) is 0 Å². The van der Waals surface area contributed by atoms with Crippen molar-refractivity contribution in [2.75, 3.05) is 0 Å². The molecule has 0 aromatic rings. The molecule has 1 unspecified atom stereocenters.